The van der Waals surface area contributed by atoms with Gasteiger partial charge in [0.1, 0.15) is 30.3 Å². The molecule has 0 spiro atoms. The van der Waals surface area contributed by atoms with Crippen LogP contribution in [0, 0.1) is 0 Å². The molecule has 6 nitrogen and oxygen atoms in total. The highest BCUT2D eigenvalue weighted by molar-refractivity contribution is 5.31. The van der Waals surface area contributed by atoms with Crippen LogP contribution in [0.4, 0.5) is 0 Å². The van der Waals surface area contributed by atoms with Crippen molar-refractivity contribution in [3.05, 3.63) is 36.9 Å². The molecule has 1 aromatic heterocycles. The summed E-state index contributed by atoms with van der Waals surface area (Å²) < 4.78 is 13.1. The summed E-state index contributed by atoms with van der Waals surface area (Å²) in [6.45, 7) is 4.04. The minimum absolute atomic E-state index is 0.302. The lowest BCUT2D eigenvalue weighted by Crippen LogP contribution is -2.39. The van der Waals surface area contributed by atoms with Crippen molar-refractivity contribution in [2.24, 2.45) is 0 Å². The van der Waals surface area contributed by atoms with Crippen molar-refractivity contribution in [2.75, 3.05) is 26.7 Å². The Morgan fingerprint density at radius 2 is 1.82 bits per heavy atom. The fourth-order valence-electron chi connectivity index (χ4n) is 2.69. The number of aromatic nitrogens is 3. The summed E-state index contributed by atoms with van der Waals surface area (Å²) in [5.41, 5.74) is 0. The van der Waals surface area contributed by atoms with Crippen molar-refractivity contribution in [1.29, 1.82) is 0 Å². The van der Waals surface area contributed by atoms with E-state index in [0.717, 1.165) is 50.5 Å². The molecule has 1 aromatic carbocycles. The number of benzene rings is 1. The summed E-state index contributed by atoms with van der Waals surface area (Å²) in [6, 6.07) is 7.80. The summed E-state index contributed by atoms with van der Waals surface area (Å²) in [5, 5.41) is 4.13. The molecule has 0 N–H and O–H groups in total. The lowest BCUT2D eigenvalue weighted by atomic mass is 10.1. The van der Waals surface area contributed by atoms with Crippen LogP contribution < -0.4 is 9.47 Å². The van der Waals surface area contributed by atoms with E-state index in [1.807, 2.05) is 28.9 Å². The molecule has 118 valence electrons. The Morgan fingerprint density at radius 1 is 1.09 bits per heavy atom. The number of piperidine rings is 1. The van der Waals surface area contributed by atoms with E-state index < -0.39 is 0 Å². The maximum atomic E-state index is 6.04. The van der Waals surface area contributed by atoms with E-state index in [4.69, 9.17) is 9.47 Å². The first kappa shape index (κ1) is 14.8. The molecular formula is C16H22N4O2. The Bertz CT molecular complexity index is 548. The standard InChI is InChI=1S/C16H22N4O2/c1-21-14-2-4-15(5-3-14)22-16-6-8-19(9-7-16)10-11-20-13-17-12-18-20/h2-5,12-13,16H,6-11H2,1H3. The van der Waals surface area contributed by atoms with E-state index in [1.165, 1.54) is 0 Å². The summed E-state index contributed by atoms with van der Waals surface area (Å²) in [4.78, 5) is 6.42. The molecule has 0 radical (unpaired) electrons. The van der Waals surface area contributed by atoms with Gasteiger partial charge in [-0.3, -0.25) is 4.68 Å². The molecular weight excluding hydrogens is 280 g/mol. The molecule has 0 bridgehead atoms. The lowest BCUT2D eigenvalue weighted by molar-refractivity contribution is 0.0979. The summed E-state index contributed by atoms with van der Waals surface area (Å²) in [7, 11) is 1.67. The molecule has 1 fully saturated rings. The van der Waals surface area contributed by atoms with Gasteiger partial charge >= 0.3 is 0 Å². The largest absolute Gasteiger partial charge is 0.497 e. The molecule has 2 heterocycles. The Morgan fingerprint density at radius 3 is 2.45 bits per heavy atom. The first-order valence-corrected chi connectivity index (χ1v) is 7.69. The van der Waals surface area contributed by atoms with Crippen LogP contribution in [0.15, 0.2) is 36.9 Å². The fourth-order valence-corrected chi connectivity index (χ4v) is 2.69. The van der Waals surface area contributed by atoms with Crippen LogP contribution in [0.3, 0.4) is 0 Å². The van der Waals surface area contributed by atoms with Gasteiger partial charge in [-0.2, -0.15) is 5.10 Å². The first-order valence-electron chi connectivity index (χ1n) is 7.69. The Balaban J connectivity index is 1.41. The lowest BCUT2D eigenvalue weighted by Gasteiger charge is -2.32. The Labute approximate surface area is 130 Å². The maximum absolute atomic E-state index is 6.04. The number of nitrogens with zero attached hydrogens (tertiary/aromatic N) is 4. The topological polar surface area (TPSA) is 52.4 Å². The van der Waals surface area contributed by atoms with E-state index in [2.05, 4.69) is 15.0 Å². The fraction of sp³-hybridized carbons (Fsp3) is 0.500. The molecule has 6 heteroatoms. The van der Waals surface area contributed by atoms with Gasteiger partial charge in [-0.1, -0.05) is 0 Å². The van der Waals surface area contributed by atoms with E-state index >= 15 is 0 Å². The van der Waals surface area contributed by atoms with E-state index in [0.29, 0.717) is 6.10 Å². The number of hydrogen-bond acceptors (Lipinski definition) is 5. The SMILES string of the molecule is COc1ccc(OC2CCN(CCn3cncn3)CC2)cc1. The summed E-state index contributed by atoms with van der Waals surface area (Å²) >= 11 is 0. The van der Waals surface area contributed by atoms with Crippen molar-refractivity contribution >= 4 is 0 Å². The van der Waals surface area contributed by atoms with Gasteiger partial charge in [0.05, 0.1) is 13.7 Å². The number of ether oxygens (including phenoxy) is 2. The van der Waals surface area contributed by atoms with Gasteiger partial charge in [0.25, 0.3) is 0 Å². The van der Waals surface area contributed by atoms with Crippen molar-refractivity contribution in [2.45, 2.75) is 25.5 Å². The highest BCUT2D eigenvalue weighted by Crippen LogP contribution is 2.21. The third-order valence-electron chi connectivity index (χ3n) is 4.01. The van der Waals surface area contributed by atoms with Gasteiger partial charge in [0.15, 0.2) is 0 Å². The van der Waals surface area contributed by atoms with Crippen LogP contribution in [-0.4, -0.2) is 52.5 Å². The number of rotatable bonds is 6. The van der Waals surface area contributed by atoms with E-state index in [-0.39, 0.29) is 0 Å². The predicted octanol–water partition coefficient (Wildman–Crippen LogP) is 1.83. The van der Waals surface area contributed by atoms with Gasteiger partial charge in [0.2, 0.25) is 0 Å². The van der Waals surface area contributed by atoms with Crippen LogP contribution in [0.1, 0.15) is 12.8 Å². The molecule has 1 aliphatic heterocycles. The van der Waals surface area contributed by atoms with Crippen LogP contribution in [0.5, 0.6) is 11.5 Å². The second-order valence-corrected chi connectivity index (χ2v) is 5.49. The van der Waals surface area contributed by atoms with Crippen molar-refractivity contribution < 1.29 is 9.47 Å². The molecule has 1 aliphatic rings. The highest BCUT2D eigenvalue weighted by atomic mass is 16.5. The Hall–Kier alpha value is -2.08. The quantitative estimate of drug-likeness (QED) is 0.815. The van der Waals surface area contributed by atoms with Gasteiger partial charge in [-0.25, -0.2) is 4.98 Å². The molecule has 1 saturated heterocycles. The average molecular weight is 302 g/mol. The van der Waals surface area contributed by atoms with Crippen molar-refractivity contribution in [1.82, 2.24) is 19.7 Å². The zero-order chi connectivity index (χ0) is 15.2. The van der Waals surface area contributed by atoms with E-state index in [1.54, 1.807) is 19.8 Å². The summed E-state index contributed by atoms with van der Waals surface area (Å²) in [6.07, 6.45) is 5.76. The monoisotopic (exact) mass is 302 g/mol. The number of methoxy groups -OCH3 is 1. The first-order chi connectivity index (χ1) is 10.8. The molecule has 0 aliphatic carbocycles. The molecule has 0 unspecified atom stereocenters. The molecule has 0 saturated carbocycles. The molecule has 2 aromatic rings. The van der Waals surface area contributed by atoms with Crippen LogP contribution >= 0.6 is 0 Å². The number of likely N-dealkylation sites (tertiary alicyclic amines) is 1. The zero-order valence-electron chi connectivity index (χ0n) is 12.9. The van der Waals surface area contributed by atoms with Gasteiger partial charge < -0.3 is 14.4 Å². The highest BCUT2D eigenvalue weighted by Gasteiger charge is 2.20. The van der Waals surface area contributed by atoms with Gasteiger partial charge in [-0.15, -0.1) is 0 Å². The second-order valence-electron chi connectivity index (χ2n) is 5.49. The van der Waals surface area contributed by atoms with Crippen LogP contribution in [0.25, 0.3) is 0 Å². The molecule has 22 heavy (non-hydrogen) atoms. The van der Waals surface area contributed by atoms with Crippen LogP contribution in [-0.2, 0) is 6.54 Å². The predicted molar refractivity (Wildman–Crippen MR) is 83.1 cm³/mol. The summed E-state index contributed by atoms with van der Waals surface area (Å²) in [5.74, 6) is 1.78. The van der Waals surface area contributed by atoms with E-state index in [9.17, 15) is 0 Å². The smallest absolute Gasteiger partial charge is 0.137 e. The van der Waals surface area contributed by atoms with Crippen molar-refractivity contribution in [3.63, 3.8) is 0 Å². The van der Waals surface area contributed by atoms with Crippen molar-refractivity contribution in [3.8, 4) is 11.5 Å². The third-order valence-corrected chi connectivity index (χ3v) is 4.01. The number of hydrogen-bond donors (Lipinski definition) is 0. The molecule has 0 amide bonds. The second kappa shape index (κ2) is 7.26. The van der Waals surface area contributed by atoms with Gasteiger partial charge in [0, 0.05) is 19.6 Å². The molecule has 3 rings (SSSR count). The maximum Gasteiger partial charge on any atom is 0.137 e. The third kappa shape index (κ3) is 3.98. The average Bonchev–Trinajstić information content (AvgIpc) is 3.08. The minimum atomic E-state index is 0.302. The Kier molecular flexibility index (Phi) is 4.90. The van der Waals surface area contributed by atoms with Crippen LogP contribution in [0.2, 0.25) is 0 Å². The van der Waals surface area contributed by atoms with Gasteiger partial charge in [-0.05, 0) is 37.1 Å². The zero-order valence-corrected chi connectivity index (χ0v) is 12.9. The normalized spacial score (nSPS) is 16.6. The molecule has 0 atom stereocenters. The minimum Gasteiger partial charge on any atom is -0.497 e.